The second kappa shape index (κ2) is 8.25. The van der Waals surface area contributed by atoms with Gasteiger partial charge in [0, 0.05) is 36.1 Å². The number of halogens is 3. The Kier molecular flexibility index (Phi) is 5.99. The summed E-state index contributed by atoms with van der Waals surface area (Å²) in [6.07, 6.45) is 0.514. The largest absolute Gasteiger partial charge is 0.358 e. The average Bonchev–Trinajstić information content (AvgIpc) is 3.09. The first-order valence-electron chi connectivity index (χ1n) is 8.35. The third kappa shape index (κ3) is 3.93. The molecular formula is C19H18Cl2FN3O2. The quantitative estimate of drug-likeness (QED) is 0.663. The third-order valence-electron chi connectivity index (χ3n) is 4.82. The summed E-state index contributed by atoms with van der Waals surface area (Å²) in [5.74, 6) is -1.35. The van der Waals surface area contributed by atoms with Gasteiger partial charge in [-0.2, -0.15) is 0 Å². The lowest BCUT2D eigenvalue weighted by Gasteiger charge is -2.25. The first-order chi connectivity index (χ1) is 13.0. The lowest BCUT2D eigenvalue weighted by molar-refractivity contribution is -0.122. The molecule has 0 spiro atoms. The minimum Gasteiger partial charge on any atom is -0.358 e. The van der Waals surface area contributed by atoms with Crippen molar-refractivity contribution in [2.24, 2.45) is 0 Å². The van der Waals surface area contributed by atoms with Crippen LogP contribution in [-0.2, 0) is 9.59 Å². The van der Waals surface area contributed by atoms with Gasteiger partial charge in [-0.05, 0) is 35.4 Å². The Morgan fingerprint density at radius 3 is 2.74 bits per heavy atom. The van der Waals surface area contributed by atoms with Crippen molar-refractivity contribution in [1.29, 1.82) is 0 Å². The standard InChI is InChI=1S/C19H18Cl2FN3O2/c1-23-19(27)18-17(10-3-2-4-11(20)5-10)13(8-24-18)12-6-15(22)14(21)7-16(12)25-9-26/h2-7,9,13,17-18,24H,8H2,1H3,(H,23,27)(H,25,26)/t13?,17?,18-/m1/s1. The zero-order chi connectivity index (χ0) is 19.6. The van der Waals surface area contributed by atoms with E-state index in [9.17, 15) is 14.0 Å². The van der Waals surface area contributed by atoms with Gasteiger partial charge in [0.25, 0.3) is 0 Å². The highest BCUT2D eigenvalue weighted by atomic mass is 35.5. The molecule has 1 fully saturated rings. The lowest BCUT2D eigenvalue weighted by atomic mass is 9.79. The molecule has 0 saturated carbocycles. The number of amides is 2. The van der Waals surface area contributed by atoms with E-state index in [1.54, 1.807) is 25.2 Å². The topological polar surface area (TPSA) is 70.2 Å². The molecule has 1 aliphatic rings. The van der Waals surface area contributed by atoms with E-state index in [2.05, 4.69) is 16.0 Å². The molecule has 2 amide bonds. The lowest BCUT2D eigenvalue weighted by Crippen LogP contribution is -2.41. The summed E-state index contributed by atoms with van der Waals surface area (Å²) in [6.45, 7) is 0.421. The van der Waals surface area contributed by atoms with Crippen molar-refractivity contribution < 1.29 is 14.0 Å². The smallest absolute Gasteiger partial charge is 0.237 e. The number of carbonyl (C=O) groups excluding carboxylic acids is 2. The molecule has 1 aliphatic heterocycles. The number of benzene rings is 2. The molecule has 0 radical (unpaired) electrons. The van der Waals surface area contributed by atoms with Crippen molar-refractivity contribution in [3.63, 3.8) is 0 Å². The van der Waals surface area contributed by atoms with E-state index in [1.807, 2.05) is 6.07 Å². The highest BCUT2D eigenvalue weighted by molar-refractivity contribution is 6.31. The van der Waals surface area contributed by atoms with Gasteiger partial charge in [0.1, 0.15) is 5.82 Å². The minimum absolute atomic E-state index is 0.0868. The van der Waals surface area contributed by atoms with Crippen LogP contribution in [0, 0.1) is 5.82 Å². The van der Waals surface area contributed by atoms with E-state index in [-0.39, 0.29) is 22.8 Å². The Balaban J connectivity index is 2.12. The number of hydrogen-bond acceptors (Lipinski definition) is 3. The van der Waals surface area contributed by atoms with Gasteiger partial charge in [0.05, 0.1) is 11.1 Å². The van der Waals surface area contributed by atoms with Crippen molar-refractivity contribution in [3.8, 4) is 0 Å². The number of rotatable bonds is 5. The van der Waals surface area contributed by atoms with Crippen molar-refractivity contribution in [3.05, 3.63) is 63.4 Å². The highest BCUT2D eigenvalue weighted by Gasteiger charge is 2.42. The molecule has 2 aromatic rings. The molecule has 2 aromatic carbocycles. The van der Waals surface area contributed by atoms with Gasteiger partial charge >= 0.3 is 0 Å². The second-order valence-corrected chi connectivity index (χ2v) is 7.15. The van der Waals surface area contributed by atoms with Gasteiger partial charge in [-0.1, -0.05) is 35.3 Å². The molecule has 27 heavy (non-hydrogen) atoms. The summed E-state index contributed by atoms with van der Waals surface area (Å²) in [7, 11) is 1.56. The molecule has 0 aromatic heterocycles. The summed E-state index contributed by atoms with van der Waals surface area (Å²) in [5, 5.41) is 8.89. The van der Waals surface area contributed by atoms with E-state index < -0.39 is 11.9 Å². The van der Waals surface area contributed by atoms with Crippen LogP contribution in [0.2, 0.25) is 10.0 Å². The van der Waals surface area contributed by atoms with Crippen LogP contribution in [0.5, 0.6) is 0 Å². The van der Waals surface area contributed by atoms with E-state index in [4.69, 9.17) is 23.2 Å². The molecule has 3 N–H and O–H groups in total. The fourth-order valence-corrected chi connectivity index (χ4v) is 4.01. The van der Waals surface area contributed by atoms with Crippen molar-refractivity contribution in [2.75, 3.05) is 18.9 Å². The van der Waals surface area contributed by atoms with Gasteiger partial charge < -0.3 is 16.0 Å². The van der Waals surface area contributed by atoms with Gasteiger partial charge in [0.2, 0.25) is 12.3 Å². The van der Waals surface area contributed by atoms with Crippen LogP contribution in [0.3, 0.4) is 0 Å². The first kappa shape index (κ1) is 19.6. The van der Waals surface area contributed by atoms with Crippen LogP contribution in [0.4, 0.5) is 10.1 Å². The number of anilines is 1. The number of hydrogen-bond donors (Lipinski definition) is 3. The van der Waals surface area contributed by atoms with Crippen molar-refractivity contribution >= 4 is 41.2 Å². The molecule has 142 valence electrons. The SMILES string of the molecule is CNC(=O)[C@@H]1NCC(c2cc(F)c(Cl)cc2NC=O)C1c1cccc(Cl)c1. The average molecular weight is 410 g/mol. The zero-order valence-corrected chi connectivity index (χ0v) is 15.9. The molecular weight excluding hydrogens is 392 g/mol. The predicted molar refractivity (Wildman–Crippen MR) is 104 cm³/mol. The van der Waals surface area contributed by atoms with Crippen LogP contribution >= 0.6 is 23.2 Å². The van der Waals surface area contributed by atoms with Gasteiger partial charge in [-0.25, -0.2) is 4.39 Å². The van der Waals surface area contributed by atoms with E-state index in [0.717, 1.165) is 5.56 Å². The Morgan fingerprint density at radius 1 is 1.30 bits per heavy atom. The maximum absolute atomic E-state index is 14.2. The molecule has 3 rings (SSSR count). The molecule has 5 nitrogen and oxygen atoms in total. The van der Waals surface area contributed by atoms with Gasteiger partial charge in [-0.3, -0.25) is 9.59 Å². The van der Waals surface area contributed by atoms with Crippen LogP contribution in [-0.4, -0.2) is 32.0 Å². The van der Waals surface area contributed by atoms with Crippen LogP contribution < -0.4 is 16.0 Å². The van der Waals surface area contributed by atoms with Crippen LogP contribution in [0.1, 0.15) is 23.0 Å². The van der Waals surface area contributed by atoms with Gasteiger partial charge in [0.15, 0.2) is 0 Å². The van der Waals surface area contributed by atoms with E-state index in [0.29, 0.717) is 29.2 Å². The van der Waals surface area contributed by atoms with E-state index >= 15 is 0 Å². The number of carbonyl (C=O) groups is 2. The highest BCUT2D eigenvalue weighted by Crippen LogP contribution is 2.43. The Morgan fingerprint density at radius 2 is 2.07 bits per heavy atom. The summed E-state index contributed by atoms with van der Waals surface area (Å²) < 4.78 is 14.2. The zero-order valence-electron chi connectivity index (χ0n) is 14.4. The summed E-state index contributed by atoms with van der Waals surface area (Å²) in [5.41, 5.74) is 1.82. The number of nitrogens with one attached hydrogen (secondary N) is 3. The van der Waals surface area contributed by atoms with E-state index in [1.165, 1.54) is 12.1 Å². The van der Waals surface area contributed by atoms with Gasteiger partial charge in [-0.15, -0.1) is 0 Å². The minimum atomic E-state index is -0.587. The third-order valence-corrected chi connectivity index (χ3v) is 5.34. The maximum Gasteiger partial charge on any atom is 0.237 e. The summed E-state index contributed by atoms with van der Waals surface area (Å²) >= 11 is 12.0. The van der Waals surface area contributed by atoms with Crippen molar-refractivity contribution in [2.45, 2.75) is 17.9 Å². The van der Waals surface area contributed by atoms with Crippen LogP contribution in [0.25, 0.3) is 0 Å². The Labute approximate surface area is 166 Å². The molecule has 0 bridgehead atoms. The molecule has 2 unspecified atom stereocenters. The predicted octanol–water partition coefficient (Wildman–Crippen LogP) is 3.29. The molecule has 0 aliphatic carbocycles. The monoisotopic (exact) mass is 409 g/mol. The Bertz CT molecular complexity index is 878. The molecule has 1 saturated heterocycles. The fourth-order valence-electron chi connectivity index (χ4n) is 3.65. The summed E-state index contributed by atoms with van der Waals surface area (Å²) in [4.78, 5) is 23.4. The maximum atomic E-state index is 14.2. The fraction of sp³-hybridized carbons (Fsp3) is 0.263. The molecule has 3 atom stereocenters. The summed E-state index contributed by atoms with van der Waals surface area (Å²) in [6, 6.07) is 9.39. The van der Waals surface area contributed by atoms with Crippen LogP contribution in [0.15, 0.2) is 36.4 Å². The first-order valence-corrected chi connectivity index (χ1v) is 9.11. The number of likely N-dealkylation sites (N-methyl/N-ethyl adjacent to an activating group) is 1. The normalized spacial score (nSPS) is 21.7. The second-order valence-electron chi connectivity index (χ2n) is 6.30. The Hall–Kier alpha value is -2.15. The molecule has 8 heteroatoms. The van der Waals surface area contributed by atoms with Crippen molar-refractivity contribution in [1.82, 2.24) is 10.6 Å². The molecule has 1 heterocycles.